The smallest absolute Gasteiger partial charge is 0.227 e. The summed E-state index contributed by atoms with van der Waals surface area (Å²) >= 11 is 0. The molecule has 1 atom stereocenters. The van der Waals surface area contributed by atoms with Crippen LogP contribution in [0.25, 0.3) is 0 Å². The molecule has 2 fully saturated rings. The normalized spacial score (nSPS) is 19.3. The van der Waals surface area contributed by atoms with Crippen LogP contribution in [-0.2, 0) is 14.4 Å². The minimum Gasteiger partial charge on any atom is -0.347 e. The Morgan fingerprint density at radius 2 is 1.76 bits per heavy atom. The average Bonchev–Trinajstić information content (AvgIpc) is 3.11. The highest BCUT2D eigenvalue weighted by atomic mass is 16.2. The van der Waals surface area contributed by atoms with Crippen molar-refractivity contribution in [3.63, 3.8) is 0 Å². The van der Waals surface area contributed by atoms with E-state index in [1.54, 1.807) is 0 Å². The molecule has 158 valence electrons. The molecule has 3 rings (SSSR count). The Kier molecular flexibility index (Phi) is 6.60. The molecule has 0 aliphatic carbocycles. The highest BCUT2D eigenvalue weighted by molar-refractivity contribution is 5.83. The van der Waals surface area contributed by atoms with Gasteiger partial charge in [-0.25, -0.2) is 0 Å². The zero-order valence-corrected chi connectivity index (χ0v) is 17.8. The highest BCUT2D eigenvalue weighted by Crippen LogP contribution is 2.25. The van der Waals surface area contributed by atoms with Gasteiger partial charge >= 0.3 is 0 Å². The predicted octanol–water partition coefficient (Wildman–Crippen LogP) is 2.75. The molecule has 1 unspecified atom stereocenters. The Balaban J connectivity index is 1.61. The third kappa shape index (κ3) is 5.37. The summed E-state index contributed by atoms with van der Waals surface area (Å²) in [4.78, 5) is 41.3. The first-order chi connectivity index (χ1) is 13.8. The van der Waals surface area contributed by atoms with Crippen molar-refractivity contribution < 1.29 is 14.4 Å². The van der Waals surface area contributed by atoms with Gasteiger partial charge in [-0.1, -0.05) is 51.1 Å². The minimum atomic E-state index is -0.393. The zero-order chi connectivity index (χ0) is 21.0. The summed E-state index contributed by atoms with van der Waals surface area (Å²) in [5.74, 6) is 0.230. The topological polar surface area (TPSA) is 69.7 Å². The number of nitrogens with one attached hydrogen (secondary N) is 1. The lowest BCUT2D eigenvalue weighted by atomic mass is 9.90. The van der Waals surface area contributed by atoms with Gasteiger partial charge in [-0.05, 0) is 24.8 Å². The van der Waals surface area contributed by atoms with Gasteiger partial charge in [0.15, 0.2) is 0 Å². The summed E-state index contributed by atoms with van der Waals surface area (Å²) in [6, 6.07) is 9.64. The number of carbonyl (C=O) groups is 3. The van der Waals surface area contributed by atoms with Gasteiger partial charge in [0, 0.05) is 43.9 Å². The minimum absolute atomic E-state index is 0.0216. The van der Waals surface area contributed by atoms with Crippen LogP contribution in [0.4, 0.5) is 0 Å². The number of piperidine rings is 1. The summed E-state index contributed by atoms with van der Waals surface area (Å²) < 4.78 is 0. The molecule has 2 heterocycles. The average molecular weight is 400 g/mol. The molecule has 2 saturated heterocycles. The van der Waals surface area contributed by atoms with Gasteiger partial charge in [-0.15, -0.1) is 0 Å². The van der Waals surface area contributed by atoms with E-state index in [0.717, 1.165) is 18.5 Å². The van der Waals surface area contributed by atoms with E-state index in [4.69, 9.17) is 0 Å². The number of hydrogen-bond acceptors (Lipinski definition) is 3. The van der Waals surface area contributed by atoms with Gasteiger partial charge in [0.1, 0.15) is 0 Å². The number of rotatable bonds is 5. The predicted molar refractivity (Wildman–Crippen MR) is 112 cm³/mol. The van der Waals surface area contributed by atoms with Crippen LogP contribution in [0.3, 0.4) is 0 Å². The van der Waals surface area contributed by atoms with Crippen LogP contribution in [0, 0.1) is 11.3 Å². The largest absolute Gasteiger partial charge is 0.347 e. The molecule has 0 spiro atoms. The standard InChI is InChI=1S/C23H33N3O3/c1-23(2,3)22(29)25-14-11-18(12-15-25)21(28)24-19(17-8-5-4-6-9-17)16-26-13-7-10-20(26)27/h4-6,8-9,18-19H,7,10-16H2,1-3H3,(H,24,28). The third-order valence-electron chi connectivity index (χ3n) is 5.89. The van der Waals surface area contributed by atoms with E-state index in [1.807, 2.05) is 60.9 Å². The molecule has 2 aliphatic rings. The number of nitrogens with zero attached hydrogens (tertiary/aromatic N) is 2. The van der Waals surface area contributed by atoms with Crippen molar-refractivity contribution in [2.24, 2.45) is 11.3 Å². The number of benzene rings is 1. The Labute approximate surface area is 173 Å². The molecule has 0 radical (unpaired) electrons. The Bertz CT molecular complexity index is 733. The summed E-state index contributed by atoms with van der Waals surface area (Å²) in [7, 11) is 0. The quantitative estimate of drug-likeness (QED) is 0.828. The van der Waals surface area contributed by atoms with Crippen molar-refractivity contribution in [2.75, 3.05) is 26.2 Å². The fourth-order valence-electron chi connectivity index (χ4n) is 4.15. The number of carbonyl (C=O) groups excluding carboxylic acids is 3. The molecule has 6 heteroatoms. The monoisotopic (exact) mass is 399 g/mol. The molecular formula is C23H33N3O3. The van der Waals surface area contributed by atoms with Crippen molar-refractivity contribution in [1.29, 1.82) is 0 Å². The van der Waals surface area contributed by atoms with Gasteiger partial charge in [0.25, 0.3) is 0 Å². The van der Waals surface area contributed by atoms with Crippen LogP contribution >= 0.6 is 0 Å². The first kappa shape index (κ1) is 21.3. The molecule has 0 bridgehead atoms. The van der Waals surface area contributed by atoms with Gasteiger partial charge in [0.2, 0.25) is 17.7 Å². The molecule has 2 aliphatic heterocycles. The highest BCUT2D eigenvalue weighted by Gasteiger charge is 2.33. The van der Waals surface area contributed by atoms with Crippen LogP contribution in [0.2, 0.25) is 0 Å². The molecule has 0 saturated carbocycles. The second-order valence-corrected chi connectivity index (χ2v) is 9.23. The van der Waals surface area contributed by atoms with Crippen molar-refractivity contribution in [2.45, 2.75) is 52.5 Å². The van der Waals surface area contributed by atoms with Crippen LogP contribution in [0.15, 0.2) is 30.3 Å². The van der Waals surface area contributed by atoms with Crippen LogP contribution in [0.5, 0.6) is 0 Å². The molecule has 1 N–H and O–H groups in total. The molecule has 1 aromatic rings. The lowest BCUT2D eigenvalue weighted by molar-refractivity contribution is -0.142. The second-order valence-electron chi connectivity index (χ2n) is 9.23. The van der Waals surface area contributed by atoms with E-state index < -0.39 is 5.41 Å². The number of hydrogen-bond donors (Lipinski definition) is 1. The fourth-order valence-corrected chi connectivity index (χ4v) is 4.15. The first-order valence-electron chi connectivity index (χ1n) is 10.7. The molecular weight excluding hydrogens is 366 g/mol. The van der Waals surface area contributed by atoms with E-state index in [2.05, 4.69) is 5.32 Å². The fraction of sp³-hybridized carbons (Fsp3) is 0.609. The second kappa shape index (κ2) is 8.97. The first-order valence-corrected chi connectivity index (χ1v) is 10.7. The maximum absolute atomic E-state index is 13.0. The molecule has 3 amide bonds. The summed E-state index contributed by atoms with van der Waals surface area (Å²) in [6.45, 7) is 8.29. The third-order valence-corrected chi connectivity index (χ3v) is 5.89. The van der Waals surface area contributed by atoms with Gasteiger partial charge < -0.3 is 15.1 Å². The number of likely N-dealkylation sites (tertiary alicyclic amines) is 2. The SMILES string of the molecule is CC(C)(C)C(=O)N1CCC(C(=O)NC(CN2CCCC2=O)c2ccccc2)CC1. The Hall–Kier alpha value is -2.37. The maximum atomic E-state index is 13.0. The van der Waals surface area contributed by atoms with Crippen molar-refractivity contribution in [3.8, 4) is 0 Å². The van der Waals surface area contributed by atoms with E-state index in [1.165, 1.54) is 0 Å². The van der Waals surface area contributed by atoms with Crippen LogP contribution < -0.4 is 5.32 Å². The lowest BCUT2D eigenvalue weighted by Gasteiger charge is -2.36. The van der Waals surface area contributed by atoms with Crippen LogP contribution in [0.1, 0.15) is 58.1 Å². The van der Waals surface area contributed by atoms with Gasteiger partial charge in [0.05, 0.1) is 6.04 Å². The molecule has 1 aromatic carbocycles. The van der Waals surface area contributed by atoms with Crippen LogP contribution in [-0.4, -0.2) is 53.7 Å². The number of amides is 3. The zero-order valence-electron chi connectivity index (χ0n) is 17.8. The van der Waals surface area contributed by atoms with E-state index in [0.29, 0.717) is 38.9 Å². The van der Waals surface area contributed by atoms with E-state index >= 15 is 0 Å². The lowest BCUT2D eigenvalue weighted by Crippen LogP contribution is -2.47. The Morgan fingerprint density at radius 1 is 1.10 bits per heavy atom. The van der Waals surface area contributed by atoms with Crippen molar-refractivity contribution >= 4 is 17.7 Å². The van der Waals surface area contributed by atoms with Crippen molar-refractivity contribution in [1.82, 2.24) is 15.1 Å². The Morgan fingerprint density at radius 3 is 2.31 bits per heavy atom. The summed E-state index contributed by atoms with van der Waals surface area (Å²) in [5, 5.41) is 3.19. The summed E-state index contributed by atoms with van der Waals surface area (Å²) in [5.41, 5.74) is 0.622. The van der Waals surface area contributed by atoms with E-state index in [9.17, 15) is 14.4 Å². The maximum Gasteiger partial charge on any atom is 0.227 e. The van der Waals surface area contributed by atoms with Gasteiger partial charge in [-0.2, -0.15) is 0 Å². The summed E-state index contributed by atoms with van der Waals surface area (Å²) in [6.07, 6.45) is 2.83. The van der Waals surface area contributed by atoms with Crippen molar-refractivity contribution in [3.05, 3.63) is 35.9 Å². The molecule has 29 heavy (non-hydrogen) atoms. The molecule has 0 aromatic heterocycles. The van der Waals surface area contributed by atoms with Gasteiger partial charge in [-0.3, -0.25) is 14.4 Å². The van der Waals surface area contributed by atoms with E-state index in [-0.39, 0.29) is 29.7 Å². The molecule has 6 nitrogen and oxygen atoms in total.